The number of hydrogen-bond acceptors (Lipinski definition) is 6. The van der Waals surface area contributed by atoms with E-state index < -0.39 is 6.10 Å². The van der Waals surface area contributed by atoms with E-state index in [-0.39, 0.29) is 25.6 Å². The fourth-order valence-electron chi connectivity index (χ4n) is 4.10. The minimum Gasteiger partial charge on any atom is -0.494 e. The van der Waals surface area contributed by atoms with Crippen LogP contribution < -0.4 is 14.2 Å². The van der Waals surface area contributed by atoms with Crippen molar-refractivity contribution in [2.45, 2.75) is 65.3 Å². The number of aliphatic hydroxyl groups is 2. The highest BCUT2D eigenvalue weighted by Gasteiger charge is 2.34. The standard InChI is InChI=1S/C23H28O6.C2H6/c1-3-26-18-6-4-15(5-7-18)8-16-9-20(23-22(14(16)2)27-13-28-23)21-11-17(25)10-19(12-24)29-21;1-2/h4-7,9,17,19,21,24-25H,3,8,10-13H2,1-2H3;1-2H3. The lowest BCUT2D eigenvalue weighted by atomic mass is 9.90. The molecular formula is C25H34O6. The van der Waals surface area contributed by atoms with E-state index in [1.165, 1.54) is 5.56 Å². The lowest BCUT2D eigenvalue weighted by molar-refractivity contribution is -0.114. The van der Waals surface area contributed by atoms with Crippen LogP contribution in [-0.4, -0.2) is 42.4 Å². The number of benzene rings is 2. The SMILES string of the molecule is CC.CCOc1ccc(Cc2cc(C3CC(O)CC(CO)O3)c3c(c2C)OCO3)cc1. The Kier molecular flexibility index (Phi) is 8.18. The Morgan fingerprint density at radius 2 is 1.77 bits per heavy atom. The third-order valence-electron chi connectivity index (χ3n) is 5.58. The molecule has 0 saturated carbocycles. The van der Waals surface area contributed by atoms with Gasteiger partial charge in [-0.2, -0.15) is 0 Å². The molecule has 0 radical (unpaired) electrons. The van der Waals surface area contributed by atoms with Crippen LogP contribution in [0.15, 0.2) is 30.3 Å². The van der Waals surface area contributed by atoms with E-state index in [9.17, 15) is 10.2 Å². The molecule has 6 heteroatoms. The molecule has 2 aliphatic rings. The summed E-state index contributed by atoms with van der Waals surface area (Å²) in [5, 5.41) is 19.8. The summed E-state index contributed by atoms with van der Waals surface area (Å²) in [6.45, 7) is 8.71. The van der Waals surface area contributed by atoms with Crippen LogP contribution in [-0.2, 0) is 11.2 Å². The molecule has 4 rings (SSSR count). The second-order valence-corrected chi connectivity index (χ2v) is 7.62. The first kappa shape index (κ1) is 23.4. The highest BCUT2D eigenvalue weighted by atomic mass is 16.7. The second kappa shape index (κ2) is 10.8. The van der Waals surface area contributed by atoms with Gasteiger partial charge in [0, 0.05) is 18.4 Å². The fraction of sp³-hybridized carbons (Fsp3) is 0.520. The average Bonchev–Trinajstić information content (AvgIpc) is 3.28. The normalized spacial score (nSPS) is 21.9. The summed E-state index contributed by atoms with van der Waals surface area (Å²) in [6, 6.07) is 10.2. The maximum atomic E-state index is 10.2. The first-order valence-corrected chi connectivity index (χ1v) is 11.2. The molecule has 3 atom stereocenters. The molecule has 0 aromatic heterocycles. The number of rotatable bonds is 6. The smallest absolute Gasteiger partial charge is 0.231 e. The largest absolute Gasteiger partial charge is 0.494 e. The fourth-order valence-corrected chi connectivity index (χ4v) is 4.10. The van der Waals surface area contributed by atoms with Crippen LogP contribution in [0.25, 0.3) is 0 Å². The first-order valence-electron chi connectivity index (χ1n) is 11.2. The maximum Gasteiger partial charge on any atom is 0.231 e. The van der Waals surface area contributed by atoms with E-state index in [0.717, 1.165) is 34.6 Å². The molecule has 0 bridgehead atoms. The summed E-state index contributed by atoms with van der Waals surface area (Å²) in [4.78, 5) is 0. The molecular weight excluding hydrogens is 396 g/mol. The third-order valence-corrected chi connectivity index (χ3v) is 5.58. The van der Waals surface area contributed by atoms with Gasteiger partial charge in [0.2, 0.25) is 6.79 Å². The van der Waals surface area contributed by atoms with Gasteiger partial charge in [0.25, 0.3) is 0 Å². The van der Waals surface area contributed by atoms with Gasteiger partial charge < -0.3 is 29.2 Å². The van der Waals surface area contributed by atoms with Crippen LogP contribution in [0.3, 0.4) is 0 Å². The molecule has 1 saturated heterocycles. The van der Waals surface area contributed by atoms with Crippen molar-refractivity contribution in [2.75, 3.05) is 20.0 Å². The molecule has 31 heavy (non-hydrogen) atoms. The zero-order valence-electron chi connectivity index (χ0n) is 18.9. The van der Waals surface area contributed by atoms with Gasteiger partial charge in [-0.05, 0) is 55.2 Å². The predicted molar refractivity (Wildman–Crippen MR) is 119 cm³/mol. The molecule has 170 valence electrons. The van der Waals surface area contributed by atoms with Gasteiger partial charge in [-0.3, -0.25) is 0 Å². The van der Waals surface area contributed by atoms with E-state index in [4.69, 9.17) is 18.9 Å². The molecule has 2 N–H and O–H groups in total. The quantitative estimate of drug-likeness (QED) is 0.711. The van der Waals surface area contributed by atoms with E-state index in [2.05, 4.69) is 18.2 Å². The zero-order valence-corrected chi connectivity index (χ0v) is 18.9. The highest BCUT2D eigenvalue weighted by molar-refractivity contribution is 5.58. The summed E-state index contributed by atoms with van der Waals surface area (Å²) in [6.07, 6.45) is 0.416. The second-order valence-electron chi connectivity index (χ2n) is 7.62. The van der Waals surface area contributed by atoms with E-state index >= 15 is 0 Å². The van der Waals surface area contributed by atoms with Crippen molar-refractivity contribution in [1.29, 1.82) is 0 Å². The van der Waals surface area contributed by atoms with Crippen LogP contribution in [0.2, 0.25) is 0 Å². The summed E-state index contributed by atoms with van der Waals surface area (Å²) in [5.41, 5.74) is 4.21. The van der Waals surface area contributed by atoms with Crippen molar-refractivity contribution >= 4 is 0 Å². The zero-order chi connectivity index (χ0) is 22.4. The number of fused-ring (bicyclic) bond motifs is 1. The van der Waals surface area contributed by atoms with E-state index in [1.807, 2.05) is 39.8 Å². The number of aliphatic hydroxyl groups excluding tert-OH is 2. The Morgan fingerprint density at radius 3 is 2.45 bits per heavy atom. The van der Waals surface area contributed by atoms with Crippen LogP contribution in [0.5, 0.6) is 17.2 Å². The Hall–Kier alpha value is -2.28. The molecule has 2 heterocycles. The Bertz CT molecular complexity index is 848. The van der Waals surface area contributed by atoms with Crippen molar-refractivity contribution in [2.24, 2.45) is 0 Å². The van der Waals surface area contributed by atoms with Gasteiger partial charge in [0.1, 0.15) is 5.75 Å². The summed E-state index contributed by atoms with van der Waals surface area (Å²) in [5.74, 6) is 2.29. The first-order chi connectivity index (χ1) is 15.1. The molecule has 0 spiro atoms. The molecule has 0 amide bonds. The van der Waals surface area contributed by atoms with Gasteiger partial charge in [0.15, 0.2) is 11.5 Å². The molecule has 1 fully saturated rings. The summed E-state index contributed by atoms with van der Waals surface area (Å²) < 4.78 is 23.1. The molecule has 2 aromatic carbocycles. The van der Waals surface area contributed by atoms with Gasteiger partial charge in [-0.25, -0.2) is 0 Å². The summed E-state index contributed by atoms with van der Waals surface area (Å²) in [7, 11) is 0. The topological polar surface area (TPSA) is 77.4 Å². The van der Waals surface area contributed by atoms with Crippen LogP contribution in [0.4, 0.5) is 0 Å². The van der Waals surface area contributed by atoms with Gasteiger partial charge >= 0.3 is 0 Å². The predicted octanol–water partition coefficient (Wildman–Crippen LogP) is 4.31. The van der Waals surface area contributed by atoms with Crippen LogP contribution in [0.1, 0.15) is 62.0 Å². The van der Waals surface area contributed by atoms with Crippen molar-refractivity contribution in [3.63, 3.8) is 0 Å². The molecule has 6 nitrogen and oxygen atoms in total. The minimum absolute atomic E-state index is 0.113. The van der Waals surface area contributed by atoms with Crippen molar-refractivity contribution < 1.29 is 29.2 Å². The minimum atomic E-state index is -0.514. The van der Waals surface area contributed by atoms with Crippen molar-refractivity contribution in [3.8, 4) is 17.2 Å². The maximum absolute atomic E-state index is 10.2. The summed E-state index contributed by atoms with van der Waals surface area (Å²) >= 11 is 0. The molecule has 3 unspecified atom stereocenters. The average molecular weight is 431 g/mol. The van der Waals surface area contributed by atoms with E-state index in [0.29, 0.717) is 25.2 Å². The van der Waals surface area contributed by atoms with Gasteiger partial charge in [-0.15, -0.1) is 0 Å². The Morgan fingerprint density at radius 1 is 1.06 bits per heavy atom. The molecule has 2 aromatic rings. The lowest BCUT2D eigenvalue weighted by Crippen LogP contribution is -2.33. The van der Waals surface area contributed by atoms with Gasteiger partial charge in [0.05, 0.1) is 31.5 Å². The Labute approximate surface area is 184 Å². The van der Waals surface area contributed by atoms with Crippen molar-refractivity contribution in [1.82, 2.24) is 0 Å². The number of ether oxygens (including phenoxy) is 4. The Balaban J connectivity index is 0.00000132. The van der Waals surface area contributed by atoms with Crippen molar-refractivity contribution in [3.05, 3.63) is 52.6 Å². The monoisotopic (exact) mass is 430 g/mol. The van der Waals surface area contributed by atoms with Gasteiger partial charge in [-0.1, -0.05) is 26.0 Å². The highest BCUT2D eigenvalue weighted by Crippen LogP contribution is 2.46. The number of hydrogen-bond donors (Lipinski definition) is 2. The molecule has 0 aliphatic carbocycles. The molecule has 2 aliphatic heterocycles. The lowest BCUT2D eigenvalue weighted by Gasteiger charge is -2.33. The third kappa shape index (κ3) is 5.32. The van der Waals surface area contributed by atoms with Crippen LogP contribution in [0, 0.1) is 6.92 Å². The van der Waals surface area contributed by atoms with E-state index in [1.54, 1.807) is 0 Å². The van der Waals surface area contributed by atoms with Crippen LogP contribution >= 0.6 is 0 Å².